The first-order valence-corrected chi connectivity index (χ1v) is 5.56. The van der Waals surface area contributed by atoms with Gasteiger partial charge < -0.3 is 5.32 Å². The average Bonchev–Trinajstić information content (AvgIpc) is 2.60. The van der Waals surface area contributed by atoms with Crippen molar-refractivity contribution in [3.8, 4) is 0 Å². The van der Waals surface area contributed by atoms with E-state index in [-0.39, 0.29) is 5.82 Å². The molecule has 0 unspecified atom stereocenters. The van der Waals surface area contributed by atoms with Crippen molar-refractivity contribution in [2.75, 3.05) is 5.32 Å². The van der Waals surface area contributed by atoms with Gasteiger partial charge in [0, 0.05) is 25.4 Å². The lowest BCUT2D eigenvalue weighted by Gasteiger charge is -2.04. The molecule has 0 spiro atoms. The molecule has 0 fully saturated rings. The molecule has 0 bridgehead atoms. The second-order valence-corrected chi connectivity index (χ2v) is 4.23. The molecule has 0 aliphatic carbocycles. The average molecular weight is 233 g/mol. The van der Waals surface area contributed by atoms with Crippen LogP contribution in [0.2, 0.25) is 0 Å². The zero-order chi connectivity index (χ0) is 12.4. The molecule has 4 heteroatoms. The molecule has 1 heterocycles. The molecule has 90 valence electrons. The van der Waals surface area contributed by atoms with Gasteiger partial charge in [-0.2, -0.15) is 5.10 Å². The van der Waals surface area contributed by atoms with Crippen molar-refractivity contribution < 1.29 is 4.39 Å². The summed E-state index contributed by atoms with van der Waals surface area (Å²) in [6.07, 6.45) is 0. The monoisotopic (exact) mass is 233 g/mol. The predicted molar refractivity (Wildman–Crippen MR) is 66.4 cm³/mol. The number of benzene rings is 1. The lowest BCUT2D eigenvalue weighted by molar-refractivity contribution is 0.617. The van der Waals surface area contributed by atoms with Crippen LogP contribution in [0.25, 0.3) is 0 Å². The fourth-order valence-corrected chi connectivity index (χ4v) is 1.66. The topological polar surface area (TPSA) is 29.9 Å². The Morgan fingerprint density at radius 2 is 2.06 bits per heavy atom. The van der Waals surface area contributed by atoms with E-state index >= 15 is 0 Å². The van der Waals surface area contributed by atoms with Crippen LogP contribution in [-0.4, -0.2) is 9.78 Å². The molecule has 0 aliphatic rings. The number of aromatic nitrogens is 2. The maximum Gasteiger partial charge on any atom is 0.148 e. The Hall–Kier alpha value is -1.84. The summed E-state index contributed by atoms with van der Waals surface area (Å²) in [6.45, 7) is 4.42. The van der Waals surface area contributed by atoms with Gasteiger partial charge in [-0.15, -0.1) is 0 Å². The molecular formula is C13H16FN3. The highest BCUT2D eigenvalue weighted by Crippen LogP contribution is 2.12. The van der Waals surface area contributed by atoms with Gasteiger partial charge >= 0.3 is 0 Å². The van der Waals surface area contributed by atoms with Crippen molar-refractivity contribution in [1.29, 1.82) is 0 Å². The van der Waals surface area contributed by atoms with Crippen LogP contribution < -0.4 is 5.32 Å². The summed E-state index contributed by atoms with van der Waals surface area (Å²) in [6, 6.07) is 7.11. The van der Waals surface area contributed by atoms with Crippen LogP contribution in [0.5, 0.6) is 0 Å². The number of hydrogen-bond donors (Lipinski definition) is 1. The van der Waals surface area contributed by atoms with Crippen molar-refractivity contribution >= 4 is 5.82 Å². The van der Waals surface area contributed by atoms with E-state index in [1.807, 2.05) is 30.8 Å². The van der Waals surface area contributed by atoms with Crippen molar-refractivity contribution in [3.63, 3.8) is 0 Å². The molecule has 1 aromatic carbocycles. The molecule has 0 radical (unpaired) electrons. The first-order chi connectivity index (χ1) is 8.06. The number of nitrogens with one attached hydrogen (secondary N) is 1. The summed E-state index contributed by atoms with van der Waals surface area (Å²) in [5.41, 5.74) is 2.82. The Morgan fingerprint density at radius 1 is 1.29 bits per heavy atom. The maximum absolute atomic E-state index is 13.1. The smallest absolute Gasteiger partial charge is 0.148 e. The van der Waals surface area contributed by atoms with Crippen molar-refractivity contribution in [1.82, 2.24) is 9.78 Å². The van der Waals surface area contributed by atoms with Gasteiger partial charge in [-0.25, -0.2) is 4.39 Å². The van der Waals surface area contributed by atoms with Gasteiger partial charge in [0.15, 0.2) is 0 Å². The number of halogens is 1. The van der Waals surface area contributed by atoms with Crippen LogP contribution in [0.3, 0.4) is 0 Å². The SMILES string of the molecule is Cc1cc(CNc2cc(C)n(C)n2)ccc1F. The summed E-state index contributed by atoms with van der Waals surface area (Å²) >= 11 is 0. The van der Waals surface area contributed by atoms with Gasteiger partial charge in [0.2, 0.25) is 0 Å². The van der Waals surface area contributed by atoms with Gasteiger partial charge in [-0.05, 0) is 31.0 Å². The zero-order valence-electron chi connectivity index (χ0n) is 10.3. The Morgan fingerprint density at radius 3 is 2.65 bits per heavy atom. The van der Waals surface area contributed by atoms with E-state index in [0.29, 0.717) is 12.1 Å². The van der Waals surface area contributed by atoms with Crippen molar-refractivity contribution in [2.24, 2.45) is 7.05 Å². The number of anilines is 1. The van der Waals surface area contributed by atoms with Crippen LogP contribution >= 0.6 is 0 Å². The van der Waals surface area contributed by atoms with E-state index in [1.54, 1.807) is 13.0 Å². The normalized spacial score (nSPS) is 10.6. The van der Waals surface area contributed by atoms with E-state index in [2.05, 4.69) is 10.4 Å². The third-order valence-corrected chi connectivity index (χ3v) is 2.81. The van der Waals surface area contributed by atoms with Gasteiger partial charge in [0.25, 0.3) is 0 Å². The molecule has 2 rings (SSSR count). The quantitative estimate of drug-likeness (QED) is 0.883. The summed E-state index contributed by atoms with van der Waals surface area (Å²) in [5.74, 6) is 0.675. The van der Waals surface area contributed by atoms with E-state index in [9.17, 15) is 4.39 Å². The standard InChI is InChI=1S/C13H16FN3/c1-9-6-11(4-5-12(9)14)8-15-13-7-10(2)17(3)16-13/h4-7H,8H2,1-3H3,(H,15,16). The minimum absolute atomic E-state index is 0.164. The fourth-order valence-electron chi connectivity index (χ4n) is 1.66. The largest absolute Gasteiger partial charge is 0.365 e. The van der Waals surface area contributed by atoms with Crippen LogP contribution in [0, 0.1) is 19.7 Å². The van der Waals surface area contributed by atoms with Crippen LogP contribution in [0.1, 0.15) is 16.8 Å². The van der Waals surface area contributed by atoms with Crippen LogP contribution in [0.4, 0.5) is 10.2 Å². The van der Waals surface area contributed by atoms with Crippen molar-refractivity contribution in [2.45, 2.75) is 20.4 Å². The second kappa shape index (κ2) is 4.57. The van der Waals surface area contributed by atoms with Gasteiger partial charge in [0.1, 0.15) is 11.6 Å². The Labute approximate surface area is 100 Å². The Kier molecular flexibility index (Phi) is 3.13. The van der Waals surface area contributed by atoms with Gasteiger partial charge in [-0.1, -0.05) is 12.1 Å². The van der Waals surface area contributed by atoms with E-state index < -0.39 is 0 Å². The highest BCUT2D eigenvalue weighted by atomic mass is 19.1. The molecule has 1 aromatic heterocycles. The minimum Gasteiger partial charge on any atom is -0.365 e. The lowest BCUT2D eigenvalue weighted by atomic mass is 10.1. The number of aryl methyl sites for hydroxylation is 3. The molecule has 2 aromatic rings. The molecule has 0 saturated carbocycles. The van der Waals surface area contributed by atoms with E-state index in [1.165, 1.54) is 6.07 Å². The van der Waals surface area contributed by atoms with Crippen LogP contribution in [-0.2, 0) is 13.6 Å². The molecule has 0 atom stereocenters. The summed E-state index contributed by atoms with van der Waals surface area (Å²) in [7, 11) is 1.91. The first-order valence-electron chi connectivity index (χ1n) is 5.56. The predicted octanol–water partition coefficient (Wildman–Crippen LogP) is 2.79. The first kappa shape index (κ1) is 11.6. The molecule has 17 heavy (non-hydrogen) atoms. The summed E-state index contributed by atoms with van der Waals surface area (Å²) in [4.78, 5) is 0. The number of nitrogens with zero attached hydrogens (tertiary/aromatic N) is 2. The molecule has 0 aliphatic heterocycles. The lowest BCUT2D eigenvalue weighted by Crippen LogP contribution is -2.01. The van der Waals surface area contributed by atoms with Crippen LogP contribution in [0.15, 0.2) is 24.3 Å². The molecule has 3 nitrogen and oxygen atoms in total. The molecule has 0 amide bonds. The molecular weight excluding hydrogens is 217 g/mol. The highest BCUT2D eigenvalue weighted by Gasteiger charge is 2.02. The maximum atomic E-state index is 13.1. The fraction of sp³-hybridized carbons (Fsp3) is 0.308. The number of hydrogen-bond acceptors (Lipinski definition) is 2. The Bertz CT molecular complexity index is 512. The highest BCUT2D eigenvalue weighted by molar-refractivity contribution is 5.37. The van der Waals surface area contributed by atoms with Crippen molar-refractivity contribution in [3.05, 3.63) is 46.9 Å². The molecule has 1 N–H and O–H groups in total. The minimum atomic E-state index is -0.164. The third kappa shape index (κ3) is 2.64. The Balaban J connectivity index is 2.04. The van der Waals surface area contributed by atoms with E-state index in [4.69, 9.17) is 0 Å². The second-order valence-electron chi connectivity index (χ2n) is 4.23. The van der Waals surface area contributed by atoms with Gasteiger partial charge in [0.05, 0.1) is 0 Å². The third-order valence-electron chi connectivity index (χ3n) is 2.81. The van der Waals surface area contributed by atoms with E-state index in [0.717, 1.165) is 17.1 Å². The zero-order valence-corrected chi connectivity index (χ0v) is 10.3. The number of rotatable bonds is 3. The van der Waals surface area contributed by atoms with Gasteiger partial charge in [-0.3, -0.25) is 4.68 Å². The summed E-state index contributed by atoms with van der Waals surface area (Å²) in [5, 5.41) is 7.51. The summed E-state index contributed by atoms with van der Waals surface area (Å²) < 4.78 is 14.9. The molecule has 0 saturated heterocycles.